The number of allylic oxidation sites excluding steroid dienone is 1. The van der Waals surface area contributed by atoms with Crippen LogP contribution >= 0.6 is 0 Å². The van der Waals surface area contributed by atoms with Gasteiger partial charge in [0, 0.05) is 18.4 Å². The number of carbonyl (C=O) groups is 2. The minimum atomic E-state index is -0.609. The zero-order chi connectivity index (χ0) is 16.3. The SMILES string of the molecule is C=C1C(=O)OC2C=C(COC(C)=O)CCC=C(C)C(O)CC12. The first kappa shape index (κ1) is 16.5. The Kier molecular flexibility index (Phi) is 5.19. The molecule has 0 aromatic carbocycles. The van der Waals surface area contributed by atoms with E-state index >= 15 is 0 Å². The average molecular weight is 306 g/mol. The Bertz CT molecular complexity index is 543. The molecule has 0 amide bonds. The lowest BCUT2D eigenvalue weighted by Gasteiger charge is -2.21. The first-order chi connectivity index (χ1) is 10.4. The van der Waals surface area contributed by atoms with Crippen LogP contribution in [0.5, 0.6) is 0 Å². The maximum absolute atomic E-state index is 11.8. The molecule has 120 valence electrons. The van der Waals surface area contributed by atoms with Gasteiger partial charge in [-0.3, -0.25) is 4.79 Å². The van der Waals surface area contributed by atoms with Crippen LogP contribution in [0.1, 0.15) is 33.1 Å². The minimum Gasteiger partial charge on any atom is -0.461 e. The molecule has 1 aliphatic carbocycles. The lowest BCUT2D eigenvalue weighted by atomic mass is 9.86. The van der Waals surface area contributed by atoms with E-state index in [-0.39, 0.29) is 18.5 Å². The normalized spacial score (nSPS) is 29.1. The van der Waals surface area contributed by atoms with Crippen LogP contribution in [-0.2, 0) is 19.1 Å². The highest BCUT2D eigenvalue weighted by atomic mass is 16.6. The van der Waals surface area contributed by atoms with Crippen LogP contribution in [0.4, 0.5) is 0 Å². The van der Waals surface area contributed by atoms with E-state index in [0.717, 1.165) is 17.6 Å². The summed E-state index contributed by atoms with van der Waals surface area (Å²) in [5.41, 5.74) is 2.17. The number of esters is 2. The molecule has 1 saturated heterocycles. The summed E-state index contributed by atoms with van der Waals surface area (Å²) in [4.78, 5) is 22.8. The third-order valence-corrected chi connectivity index (χ3v) is 4.14. The van der Waals surface area contributed by atoms with Gasteiger partial charge in [-0.15, -0.1) is 0 Å². The first-order valence-electron chi connectivity index (χ1n) is 7.46. The Labute approximate surface area is 130 Å². The van der Waals surface area contributed by atoms with Gasteiger partial charge in [0.05, 0.1) is 6.10 Å². The van der Waals surface area contributed by atoms with Gasteiger partial charge < -0.3 is 14.6 Å². The quantitative estimate of drug-likeness (QED) is 0.480. The summed E-state index contributed by atoms with van der Waals surface area (Å²) in [6, 6.07) is 0. The molecule has 5 nitrogen and oxygen atoms in total. The average Bonchev–Trinajstić information content (AvgIpc) is 2.71. The molecule has 2 rings (SSSR count). The highest BCUT2D eigenvalue weighted by Gasteiger charge is 2.39. The molecule has 3 atom stereocenters. The van der Waals surface area contributed by atoms with Gasteiger partial charge >= 0.3 is 11.9 Å². The maximum Gasteiger partial charge on any atom is 0.334 e. The molecule has 0 aromatic heterocycles. The van der Waals surface area contributed by atoms with E-state index in [1.165, 1.54) is 6.92 Å². The second kappa shape index (κ2) is 6.92. The highest BCUT2D eigenvalue weighted by molar-refractivity contribution is 5.91. The second-order valence-corrected chi connectivity index (χ2v) is 5.85. The summed E-state index contributed by atoms with van der Waals surface area (Å²) < 4.78 is 10.4. The van der Waals surface area contributed by atoms with Gasteiger partial charge in [-0.05, 0) is 43.4 Å². The number of fused-ring (bicyclic) bond motifs is 1. The van der Waals surface area contributed by atoms with Crippen LogP contribution in [-0.4, -0.2) is 35.9 Å². The fourth-order valence-electron chi connectivity index (χ4n) is 2.74. The third kappa shape index (κ3) is 3.85. The van der Waals surface area contributed by atoms with E-state index < -0.39 is 18.2 Å². The van der Waals surface area contributed by atoms with Gasteiger partial charge in [-0.1, -0.05) is 12.7 Å². The molecule has 5 heteroatoms. The molecule has 2 aliphatic rings. The monoisotopic (exact) mass is 306 g/mol. The van der Waals surface area contributed by atoms with E-state index in [4.69, 9.17) is 9.47 Å². The molecule has 1 heterocycles. The minimum absolute atomic E-state index is 0.192. The Morgan fingerprint density at radius 2 is 2.27 bits per heavy atom. The van der Waals surface area contributed by atoms with Gasteiger partial charge in [0.2, 0.25) is 0 Å². The molecule has 0 spiro atoms. The van der Waals surface area contributed by atoms with E-state index in [1.807, 2.05) is 19.1 Å². The highest BCUT2D eigenvalue weighted by Crippen LogP contribution is 2.34. The van der Waals surface area contributed by atoms with Gasteiger partial charge in [0.25, 0.3) is 0 Å². The van der Waals surface area contributed by atoms with Crippen LogP contribution in [0.15, 0.2) is 35.5 Å². The molecule has 1 N–H and O–H groups in total. The molecule has 1 aliphatic heterocycles. The number of ether oxygens (including phenoxy) is 2. The molecule has 0 aromatic rings. The molecule has 1 fully saturated rings. The predicted octanol–water partition coefficient (Wildman–Crippen LogP) is 2.06. The van der Waals surface area contributed by atoms with Crippen LogP contribution in [0, 0.1) is 5.92 Å². The van der Waals surface area contributed by atoms with Crippen LogP contribution in [0.2, 0.25) is 0 Å². The summed E-state index contributed by atoms with van der Waals surface area (Å²) in [6.45, 7) is 7.21. The van der Waals surface area contributed by atoms with Gasteiger partial charge in [-0.25, -0.2) is 4.79 Å². The molecule has 0 radical (unpaired) electrons. The topological polar surface area (TPSA) is 72.8 Å². The van der Waals surface area contributed by atoms with E-state index in [2.05, 4.69) is 6.58 Å². The smallest absolute Gasteiger partial charge is 0.334 e. The summed E-state index contributed by atoms with van der Waals surface area (Å²) in [7, 11) is 0. The zero-order valence-corrected chi connectivity index (χ0v) is 13.0. The van der Waals surface area contributed by atoms with Gasteiger partial charge in [0.1, 0.15) is 12.7 Å². The van der Waals surface area contributed by atoms with E-state index in [0.29, 0.717) is 18.4 Å². The van der Waals surface area contributed by atoms with Crippen molar-refractivity contribution < 1.29 is 24.2 Å². The van der Waals surface area contributed by atoms with Crippen molar-refractivity contribution in [3.05, 3.63) is 35.5 Å². The van der Waals surface area contributed by atoms with Crippen molar-refractivity contribution >= 4 is 11.9 Å². The van der Waals surface area contributed by atoms with E-state index in [1.54, 1.807) is 0 Å². The van der Waals surface area contributed by atoms with Crippen LogP contribution in [0.3, 0.4) is 0 Å². The number of hydrogen-bond donors (Lipinski definition) is 1. The lowest BCUT2D eigenvalue weighted by Crippen LogP contribution is -2.23. The molecule has 22 heavy (non-hydrogen) atoms. The number of rotatable bonds is 2. The summed E-state index contributed by atoms with van der Waals surface area (Å²) in [6.07, 6.45) is 4.58. The Balaban J connectivity index is 2.26. The maximum atomic E-state index is 11.8. The van der Waals surface area contributed by atoms with Gasteiger partial charge in [-0.2, -0.15) is 0 Å². The van der Waals surface area contributed by atoms with Crippen LogP contribution in [0.25, 0.3) is 0 Å². The standard InChI is InChI=1S/C17H22O5/c1-10-5-4-6-13(9-21-12(3)18)7-16-14(8-15(10)19)11(2)17(20)22-16/h5,7,14-16,19H,2,4,6,8-9H2,1,3H3. The Hall–Kier alpha value is -1.88. The number of carbonyl (C=O) groups excluding carboxylic acids is 2. The molecule has 0 bridgehead atoms. The molecular formula is C17H22O5. The van der Waals surface area contributed by atoms with E-state index in [9.17, 15) is 14.7 Å². The largest absolute Gasteiger partial charge is 0.461 e. The van der Waals surface area contributed by atoms with Crippen molar-refractivity contribution in [1.29, 1.82) is 0 Å². The summed E-state index contributed by atoms with van der Waals surface area (Å²) in [5.74, 6) is -1.02. The van der Waals surface area contributed by atoms with Crippen molar-refractivity contribution in [3.8, 4) is 0 Å². The number of hydrogen-bond acceptors (Lipinski definition) is 5. The second-order valence-electron chi connectivity index (χ2n) is 5.85. The van der Waals surface area contributed by atoms with Crippen molar-refractivity contribution in [1.82, 2.24) is 0 Å². The predicted molar refractivity (Wildman–Crippen MR) is 80.8 cm³/mol. The van der Waals surface area contributed by atoms with Crippen molar-refractivity contribution in [2.24, 2.45) is 5.92 Å². The molecule has 3 unspecified atom stereocenters. The molecular weight excluding hydrogens is 284 g/mol. The zero-order valence-electron chi connectivity index (χ0n) is 13.0. The Morgan fingerprint density at radius 1 is 1.55 bits per heavy atom. The van der Waals surface area contributed by atoms with Crippen LogP contribution < -0.4 is 0 Å². The summed E-state index contributed by atoms with van der Waals surface area (Å²) >= 11 is 0. The number of aliphatic hydroxyl groups excluding tert-OH is 1. The molecule has 0 saturated carbocycles. The number of aliphatic hydroxyl groups is 1. The van der Waals surface area contributed by atoms with Crippen molar-refractivity contribution in [2.45, 2.75) is 45.3 Å². The van der Waals surface area contributed by atoms with Gasteiger partial charge in [0.15, 0.2) is 0 Å². The van der Waals surface area contributed by atoms with Crippen molar-refractivity contribution in [2.75, 3.05) is 6.61 Å². The fraction of sp³-hybridized carbons (Fsp3) is 0.529. The lowest BCUT2D eigenvalue weighted by molar-refractivity contribution is -0.140. The fourth-order valence-corrected chi connectivity index (χ4v) is 2.74. The summed E-state index contributed by atoms with van der Waals surface area (Å²) in [5, 5.41) is 10.2. The Morgan fingerprint density at radius 3 is 2.95 bits per heavy atom. The van der Waals surface area contributed by atoms with Crippen molar-refractivity contribution in [3.63, 3.8) is 0 Å². The first-order valence-corrected chi connectivity index (χ1v) is 7.46. The third-order valence-electron chi connectivity index (χ3n) is 4.14.